The van der Waals surface area contributed by atoms with E-state index in [4.69, 9.17) is 14.2 Å². The second-order valence-electron chi connectivity index (χ2n) is 5.27. The molecule has 0 aliphatic heterocycles. The van der Waals surface area contributed by atoms with Crippen LogP contribution in [-0.4, -0.2) is 52.5 Å². The number of ether oxygens (including phenoxy) is 5. The Labute approximate surface area is 162 Å². The number of hydrogen-bond acceptors (Lipinski definition) is 8. The highest BCUT2D eigenvalue weighted by Gasteiger charge is 2.16. The zero-order valence-electron chi connectivity index (χ0n) is 16.1. The Morgan fingerprint density at radius 2 is 1.25 bits per heavy atom. The predicted octanol–water partition coefficient (Wildman–Crippen LogP) is 2.08. The number of nitrogens with zero attached hydrogens (tertiary/aromatic N) is 1. The number of pyridine rings is 1. The van der Waals surface area contributed by atoms with Crippen molar-refractivity contribution >= 4 is 11.9 Å². The maximum Gasteiger partial charge on any atom is 0.356 e. The summed E-state index contributed by atoms with van der Waals surface area (Å²) >= 11 is 0. The molecule has 0 radical (unpaired) electrons. The van der Waals surface area contributed by atoms with Gasteiger partial charge in [-0.05, 0) is 12.1 Å². The number of hydrogen-bond donors (Lipinski definition) is 0. The smallest absolute Gasteiger partial charge is 0.356 e. The van der Waals surface area contributed by atoms with Crippen molar-refractivity contribution in [3.63, 3.8) is 0 Å². The molecule has 0 aliphatic carbocycles. The molecule has 0 saturated carbocycles. The first-order chi connectivity index (χ1) is 13.5. The second-order valence-corrected chi connectivity index (χ2v) is 5.27. The van der Waals surface area contributed by atoms with E-state index in [2.05, 4.69) is 26.3 Å². The molecule has 0 saturated heterocycles. The third kappa shape index (κ3) is 4.51. The summed E-state index contributed by atoms with van der Waals surface area (Å²) in [6, 6.07) is 6.15. The molecule has 0 amide bonds. The summed E-state index contributed by atoms with van der Waals surface area (Å²) in [5, 5.41) is 0. The molecule has 0 unspecified atom stereocenters. The van der Waals surface area contributed by atoms with Gasteiger partial charge in [-0.25, -0.2) is 14.6 Å². The number of rotatable bonds is 5. The summed E-state index contributed by atoms with van der Waals surface area (Å²) in [4.78, 5) is 27.6. The molecule has 1 aromatic heterocycles. The van der Waals surface area contributed by atoms with E-state index >= 15 is 0 Å². The Balaban J connectivity index is 2.59. The topological polar surface area (TPSA) is 93.2 Å². The summed E-state index contributed by atoms with van der Waals surface area (Å²) in [5.41, 5.74) is 0.698. The van der Waals surface area contributed by atoms with Crippen LogP contribution in [0.5, 0.6) is 17.2 Å². The van der Waals surface area contributed by atoms with Gasteiger partial charge >= 0.3 is 11.9 Å². The van der Waals surface area contributed by atoms with E-state index in [0.29, 0.717) is 28.4 Å². The van der Waals surface area contributed by atoms with Crippen molar-refractivity contribution in [1.82, 2.24) is 4.98 Å². The molecule has 0 spiro atoms. The zero-order chi connectivity index (χ0) is 20.7. The molecular formula is C20H19NO7. The molecule has 0 aliphatic rings. The summed E-state index contributed by atoms with van der Waals surface area (Å²) in [5.74, 6) is 5.84. The molecule has 1 aromatic carbocycles. The number of benzene rings is 1. The van der Waals surface area contributed by atoms with Gasteiger partial charge in [0, 0.05) is 17.7 Å². The lowest BCUT2D eigenvalue weighted by Gasteiger charge is -2.11. The van der Waals surface area contributed by atoms with Gasteiger partial charge in [0.25, 0.3) is 0 Å². The average Bonchev–Trinajstić information content (AvgIpc) is 2.75. The van der Waals surface area contributed by atoms with Gasteiger partial charge in [0.15, 0.2) is 11.4 Å². The SMILES string of the molecule is COC(=O)c1cc(C#Cc2c(OC)cc(OC)cc2OC)cc(C(=O)OC)n1. The molecule has 28 heavy (non-hydrogen) atoms. The summed E-state index contributed by atoms with van der Waals surface area (Å²) in [6.07, 6.45) is 0. The quantitative estimate of drug-likeness (QED) is 0.571. The second kappa shape index (κ2) is 9.28. The van der Waals surface area contributed by atoms with Gasteiger partial charge in [0.1, 0.15) is 22.8 Å². The first-order valence-corrected chi connectivity index (χ1v) is 7.98. The van der Waals surface area contributed by atoms with E-state index in [9.17, 15) is 9.59 Å². The minimum atomic E-state index is -0.701. The normalized spacial score (nSPS) is 9.61. The van der Waals surface area contributed by atoms with Gasteiger partial charge in [0.2, 0.25) is 0 Å². The third-order valence-electron chi connectivity index (χ3n) is 3.66. The standard InChI is InChI=1S/C20H19NO7/c1-24-13-10-17(25-2)14(18(11-13)26-3)7-6-12-8-15(19(22)27-4)21-16(9-12)20(23)28-5/h8-11H,1-5H3. The van der Waals surface area contributed by atoms with Gasteiger partial charge in [-0.2, -0.15) is 0 Å². The highest BCUT2D eigenvalue weighted by molar-refractivity contribution is 5.92. The van der Waals surface area contributed by atoms with Crippen LogP contribution < -0.4 is 14.2 Å². The Bertz CT molecular complexity index is 898. The van der Waals surface area contributed by atoms with Crippen molar-refractivity contribution in [3.05, 3.63) is 46.8 Å². The van der Waals surface area contributed by atoms with Crippen LogP contribution in [0.2, 0.25) is 0 Å². The predicted molar refractivity (Wildman–Crippen MR) is 99.0 cm³/mol. The molecule has 8 heteroatoms. The van der Waals surface area contributed by atoms with Crippen molar-refractivity contribution in [2.75, 3.05) is 35.5 Å². The minimum absolute atomic E-state index is 0.0663. The molecule has 146 valence electrons. The zero-order valence-corrected chi connectivity index (χ0v) is 16.1. The van der Waals surface area contributed by atoms with Crippen LogP contribution in [0, 0.1) is 11.8 Å². The number of carbonyl (C=O) groups excluding carboxylic acids is 2. The van der Waals surface area contributed by atoms with Crippen molar-refractivity contribution in [3.8, 4) is 29.1 Å². The lowest BCUT2D eigenvalue weighted by molar-refractivity contribution is 0.0585. The first-order valence-electron chi connectivity index (χ1n) is 7.98. The highest BCUT2D eigenvalue weighted by atomic mass is 16.5. The van der Waals surface area contributed by atoms with Crippen molar-refractivity contribution < 1.29 is 33.3 Å². The molecule has 8 nitrogen and oxygen atoms in total. The van der Waals surface area contributed by atoms with E-state index in [0.717, 1.165) is 0 Å². The van der Waals surface area contributed by atoms with E-state index < -0.39 is 11.9 Å². The number of methoxy groups -OCH3 is 5. The molecule has 2 rings (SSSR count). The highest BCUT2D eigenvalue weighted by Crippen LogP contribution is 2.33. The minimum Gasteiger partial charge on any atom is -0.496 e. The lowest BCUT2D eigenvalue weighted by atomic mass is 10.1. The molecular weight excluding hydrogens is 366 g/mol. The number of aromatic nitrogens is 1. The maximum absolute atomic E-state index is 11.8. The molecule has 0 N–H and O–H groups in total. The summed E-state index contributed by atoms with van der Waals surface area (Å²) < 4.78 is 25.2. The number of esters is 2. The Hall–Kier alpha value is -3.73. The molecule has 2 aromatic rings. The fourth-order valence-electron chi connectivity index (χ4n) is 2.28. The molecule has 0 bridgehead atoms. The molecule has 0 fully saturated rings. The van der Waals surface area contributed by atoms with Gasteiger partial charge in [0.05, 0.1) is 35.5 Å². The largest absolute Gasteiger partial charge is 0.496 e. The van der Waals surface area contributed by atoms with Crippen LogP contribution in [-0.2, 0) is 9.47 Å². The fraction of sp³-hybridized carbons (Fsp3) is 0.250. The monoisotopic (exact) mass is 385 g/mol. The lowest BCUT2D eigenvalue weighted by Crippen LogP contribution is -2.11. The van der Waals surface area contributed by atoms with E-state index in [1.807, 2.05) is 0 Å². The van der Waals surface area contributed by atoms with E-state index in [1.165, 1.54) is 47.7 Å². The van der Waals surface area contributed by atoms with E-state index in [-0.39, 0.29) is 11.4 Å². The fourth-order valence-corrected chi connectivity index (χ4v) is 2.28. The third-order valence-corrected chi connectivity index (χ3v) is 3.66. The van der Waals surface area contributed by atoms with Crippen LogP contribution in [0.3, 0.4) is 0 Å². The van der Waals surface area contributed by atoms with Crippen LogP contribution >= 0.6 is 0 Å². The van der Waals surface area contributed by atoms with Gasteiger partial charge < -0.3 is 23.7 Å². The van der Waals surface area contributed by atoms with Crippen LogP contribution in [0.25, 0.3) is 0 Å². The number of carbonyl (C=O) groups is 2. The van der Waals surface area contributed by atoms with Crippen LogP contribution in [0.4, 0.5) is 0 Å². The average molecular weight is 385 g/mol. The Kier molecular flexibility index (Phi) is 6.82. The van der Waals surface area contributed by atoms with Crippen LogP contribution in [0.15, 0.2) is 24.3 Å². The van der Waals surface area contributed by atoms with Crippen LogP contribution in [0.1, 0.15) is 32.1 Å². The Morgan fingerprint density at radius 1 is 0.750 bits per heavy atom. The summed E-state index contributed by atoms with van der Waals surface area (Å²) in [6.45, 7) is 0. The Morgan fingerprint density at radius 3 is 1.64 bits per heavy atom. The summed E-state index contributed by atoms with van der Waals surface area (Å²) in [7, 11) is 6.95. The van der Waals surface area contributed by atoms with Gasteiger partial charge in [-0.15, -0.1) is 0 Å². The molecule has 1 heterocycles. The molecule has 0 atom stereocenters. The first kappa shape index (κ1) is 20.6. The van der Waals surface area contributed by atoms with Crippen molar-refractivity contribution in [2.24, 2.45) is 0 Å². The van der Waals surface area contributed by atoms with Gasteiger partial charge in [-0.1, -0.05) is 11.8 Å². The maximum atomic E-state index is 11.8. The van der Waals surface area contributed by atoms with Crippen molar-refractivity contribution in [1.29, 1.82) is 0 Å². The van der Waals surface area contributed by atoms with Crippen molar-refractivity contribution in [2.45, 2.75) is 0 Å². The van der Waals surface area contributed by atoms with E-state index in [1.54, 1.807) is 12.1 Å². The van der Waals surface area contributed by atoms with Gasteiger partial charge in [-0.3, -0.25) is 0 Å².